The van der Waals surface area contributed by atoms with E-state index in [2.05, 4.69) is 48.8 Å². The number of hydrogen-bond donors (Lipinski definition) is 4. The van der Waals surface area contributed by atoms with Gasteiger partial charge in [-0.05, 0) is 70.6 Å². The normalized spacial score (nSPS) is 12.7. The average Bonchev–Trinajstić information content (AvgIpc) is 3.05. The number of carbonyl (C=O) groups excluding carboxylic acids is 3. The number of aliphatic carboxylic acids is 1. The van der Waals surface area contributed by atoms with Crippen molar-refractivity contribution in [1.82, 2.24) is 10.6 Å². The first-order valence-electron chi connectivity index (χ1n) is 18.7. The minimum Gasteiger partial charge on any atom is -0.480 e. The maximum absolute atomic E-state index is 12.6. The van der Waals surface area contributed by atoms with Gasteiger partial charge in [-0.25, -0.2) is 4.79 Å². The molecular weight excluding hydrogens is 596 g/mol. The molecule has 47 heavy (non-hydrogen) atoms. The Labute approximate surface area is 285 Å². The molecule has 0 bridgehead atoms. The summed E-state index contributed by atoms with van der Waals surface area (Å²) in [7, 11) is 0. The highest BCUT2D eigenvalue weighted by Gasteiger charge is 2.19. The van der Waals surface area contributed by atoms with E-state index >= 15 is 0 Å². The molecule has 0 aliphatic heterocycles. The maximum Gasteiger partial charge on any atom is 0.328 e. The number of aliphatic hydroxyl groups is 1. The summed E-state index contributed by atoms with van der Waals surface area (Å²) in [6.45, 7) is 3.35. The molecule has 0 fully saturated rings. The number of hydrogen-bond acceptors (Lipinski definition) is 6. The lowest BCUT2D eigenvalue weighted by Gasteiger charge is -2.18. The molecule has 0 radical (unpaired) electrons. The molecule has 0 heterocycles. The molecule has 0 aliphatic carbocycles. The molecule has 2 atom stereocenters. The number of unbranched alkanes of at least 4 members (excludes halogenated alkanes) is 15. The minimum atomic E-state index is -1.39. The zero-order chi connectivity index (χ0) is 34.8. The van der Waals surface area contributed by atoms with Gasteiger partial charge >= 0.3 is 11.9 Å². The van der Waals surface area contributed by atoms with E-state index in [-0.39, 0.29) is 30.9 Å². The van der Waals surface area contributed by atoms with Gasteiger partial charge < -0.3 is 25.6 Å². The largest absolute Gasteiger partial charge is 0.480 e. The first kappa shape index (κ1) is 44.3. The van der Waals surface area contributed by atoms with Crippen molar-refractivity contribution in [3.05, 3.63) is 24.3 Å². The molecule has 9 nitrogen and oxygen atoms in total. The molecule has 0 saturated carbocycles. The molecule has 0 aromatic rings. The van der Waals surface area contributed by atoms with Gasteiger partial charge in [-0.15, -0.1) is 0 Å². The van der Waals surface area contributed by atoms with E-state index in [1.165, 1.54) is 57.8 Å². The molecule has 272 valence electrons. The summed E-state index contributed by atoms with van der Waals surface area (Å²) in [4.78, 5) is 47.2. The molecule has 2 unspecified atom stereocenters. The van der Waals surface area contributed by atoms with E-state index in [0.29, 0.717) is 12.8 Å². The van der Waals surface area contributed by atoms with Crippen molar-refractivity contribution in [1.29, 1.82) is 0 Å². The molecule has 4 N–H and O–H groups in total. The molecule has 0 aromatic heterocycles. The van der Waals surface area contributed by atoms with Gasteiger partial charge in [0.05, 0.1) is 13.2 Å². The van der Waals surface area contributed by atoms with Gasteiger partial charge in [-0.1, -0.05) is 109 Å². The van der Waals surface area contributed by atoms with Crippen molar-refractivity contribution in [3.8, 4) is 0 Å². The zero-order valence-corrected chi connectivity index (χ0v) is 29.8. The number of carboxylic acids is 1. The van der Waals surface area contributed by atoms with Crippen molar-refractivity contribution in [2.24, 2.45) is 0 Å². The summed E-state index contributed by atoms with van der Waals surface area (Å²) in [5.74, 6) is -2.40. The van der Waals surface area contributed by atoms with Crippen LogP contribution in [0.5, 0.6) is 0 Å². The second-order valence-electron chi connectivity index (χ2n) is 12.7. The van der Waals surface area contributed by atoms with E-state index in [4.69, 9.17) is 14.9 Å². The number of carbonyl (C=O) groups is 4. The zero-order valence-electron chi connectivity index (χ0n) is 29.8. The number of ether oxygens (including phenoxy) is 1. The van der Waals surface area contributed by atoms with Crippen LogP contribution >= 0.6 is 0 Å². The van der Waals surface area contributed by atoms with Crippen LogP contribution in [0.25, 0.3) is 0 Å². The standard InChI is InChI=1S/C38H68N2O7/c1-3-5-7-9-10-11-12-13-14-15-16-17-18-19-20-21-26-30-37(44)47-33(27-23-8-6-4-2)28-24-22-25-29-35(42)39-31-36(43)40-34(32-41)38(45)46/h10-11,13-14,33-34,41H,3-9,12,15-32H2,1-2H3,(H,39,42)(H,40,43)(H,45,46)/b11-10-,14-13-. The lowest BCUT2D eigenvalue weighted by Crippen LogP contribution is -2.47. The third kappa shape index (κ3) is 30.4. The SMILES string of the molecule is CCCCC/C=C\C/C=C\CCCCCCCCCC(=O)OC(CCCCCC)CCCCCC(=O)NCC(=O)NC(CO)C(=O)O. The van der Waals surface area contributed by atoms with Crippen LogP contribution in [0.4, 0.5) is 0 Å². The van der Waals surface area contributed by atoms with Crippen LogP contribution in [0.3, 0.4) is 0 Å². The van der Waals surface area contributed by atoms with E-state index in [0.717, 1.165) is 77.0 Å². The lowest BCUT2D eigenvalue weighted by molar-refractivity contribution is -0.150. The van der Waals surface area contributed by atoms with E-state index in [1.807, 2.05) is 0 Å². The van der Waals surface area contributed by atoms with Gasteiger partial charge in [0.1, 0.15) is 12.1 Å². The van der Waals surface area contributed by atoms with Crippen molar-refractivity contribution in [2.45, 2.75) is 180 Å². The van der Waals surface area contributed by atoms with E-state index in [1.54, 1.807) is 0 Å². The number of aliphatic hydroxyl groups excluding tert-OH is 1. The summed E-state index contributed by atoms with van der Waals surface area (Å²) in [5.41, 5.74) is 0. The molecule has 9 heteroatoms. The molecule has 0 aromatic carbocycles. The predicted molar refractivity (Wildman–Crippen MR) is 190 cm³/mol. The Morgan fingerprint density at radius 3 is 1.74 bits per heavy atom. The topological polar surface area (TPSA) is 142 Å². The van der Waals surface area contributed by atoms with Gasteiger partial charge in [-0.3, -0.25) is 14.4 Å². The highest BCUT2D eigenvalue weighted by atomic mass is 16.5. The molecule has 0 spiro atoms. The van der Waals surface area contributed by atoms with Crippen LogP contribution in [0.15, 0.2) is 24.3 Å². The number of carboxylic acid groups (broad SMARTS) is 1. The van der Waals surface area contributed by atoms with Crippen molar-refractivity contribution in [2.75, 3.05) is 13.2 Å². The van der Waals surface area contributed by atoms with E-state index < -0.39 is 24.5 Å². The third-order valence-corrected chi connectivity index (χ3v) is 8.20. The molecule has 0 rings (SSSR count). The van der Waals surface area contributed by atoms with Crippen LogP contribution < -0.4 is 10.6 Å². The Bertz CT molecular complexity index is 859. The highest BCUT2D eigenvalue weighted by molar-refractivity contribution is 5.87. The van der Waals surface area contributed by atoms with Gasteiger partial charge in [0, 0.05) is 12.8 Å². The second kappa shape index (κ2) is 33.2. The van der Waals surface area contributed by atoms with Gasteiger partial charge in [-0.2, -0.15) is 0 Å². The fraction of sp³-hybridized carbons (Fsp3) is 0.789. The van der Waals surface area contributed by atoms with Crippen LogP contribution in [0, 0.1) is 0 Å². The van der Waals surface area contributed by atoms with Crippen molar-refractivity contribution >= 4 is 23.8 Å². The smallest absolute Gasteiger partial charge is 0.328 e. The first-order valence-corrected chi connectivity index (χ1v) is 18.7. The summed E-state index contributed by atoms with van der Waals surface area (Å²) in [6, 6.07) is -1.39. The monoisotopic (exact) mass is 665 g/mol. The number of allylic oxidation sites excluding steroid dienone is 4. The highest BCUT2D eigenvalue weighted by Crippen LogP contribution is 2.17. The molecular formula is C38H68N2O7. The van der Waals surface area contributed by atoms with Crippen LogP contribution in [0.2, 0.25) is 0 Å². The van der Waals surface area contributed by atoms with Gasteiger partial charge in [0.2, 0.25) is 11.8 Å². The molecule has 0 saturated heterocycles. The van der Waals surface area contributed by atoms with Gasteiger partial charge in [0.25, 0.3) is 0 Å². The molecule has 2 amide bonds. The number of amides is 2. The van der Waals surface area contributed by atoms with Crippen LogP contribution in [-0.4, -0.2) is 59.3 Å². The molecule has 0 aliphatic rings. The predicted octanol–water partition coefficient (Wildman–Crippen LogP) is 8.09. The quantitative estimate of drug-likeness (QED) is 0.0316. The Kier molecular flexibility index (Phi) is 31.3. The fourth-order valence-electron chi connectivity index (χ4n) is 5.27. The number of esters is 1. The Balaban J connectivity index is 4.04. The Morgan fingerprint density at radius 2 is 1.15 bits per heavy atom. The van der Waals surface area contributed by atoms with E-state index in [9.17, 15) is 19.2 Å². The lowest BCUT2D eigenvalue weighted by atomic mass is 10.0. The first-order chi connectivity index (χ1) is 22.8. The van der Waals surface area contributed by atoms with Crippen LogP contribution in [0.1, 0.15) is 168 Å². The van der Waals surface area contributed by atoms with Crippen LogP contribution in [-0.2, 0) is 23.9 Å². The van der Waals surface area contributed by atoms with Crippen molar-refractivity contribution < 1.29 is 34.1 Å². The summed E-state index contributed by atoms with van der Waals surface area (Å²) in [6.07, 6.45) is 33.7. The summed E-state index contributed by atoms with van der Waals surface area (Å²) >= 11 is 0. The van der Waals surface area contributed by atoms with Gasteiger partial charge in [0.15, 0.2) is 0 Å². The fourth-order valence-corrected chi connectivity index (χ4v) is 5.27. The maximum atomic E-state index is 12.6. The third-order valence-electron chi connectivity index (χ3n) is 8.20. The van der Waals surface area contributed by atoms with Crippen molar-refractivity contribution in [3.63, 3.8) is 0 Å². The summed E-state index contributed by atoms with van der Waals surface area (Å²) in [5, 5.41) is 22.4. The number of rotatable bonds is 33. The Hall–Kier alpha value is -2.68. The summed E-state index contributed by atoms with van der Waals surface area (Å²) < 4.78 is 5.88. The Morgan fingerprint density at radius 1 is 0.638 bits per heavy atom. The minimum absolute atomic E-state index is 0.0820. The number of nitrogens with one attached hydrogen (secondary N) is 2. The average molecular weight is 665 g/mol. The second-order valence-corrected chi connectivity index (χ2v) is 12.7.